The number of aryl methyl sites for hydroxylation is 1. The van der Waals surface area contributed by atoms with Crippen LogP contribution >= 0.6 is 0 Å². The summed E-state index contributed by atoms with van der Waals surface area (Å²) in [5, 5.41) is 4.53. The van der Waals surface area contributed by atoms with Gasteiger partial charge < -0.3 is 5.73 Å². The molecule has 2 unspecified atom stereocenters. The zero-order chi connectivity index (χ0) is 10.3. The summed E-state index contributed by atoms with van der Waals surface area (Å²) in [6, 6.07) is 0. The molecule has 2 rings (SSSR count). The Balaban J connectivity index is 2.33. The summed E-state index contributed by atoms with van der Waals surface area (Å²) in [7, 11) is 1.94. The minimum absolute atomic E-state index is 0.681. The van der Waals surface area contributed by atoms with E-state index in [4.69, 9.17) is 5.73 Å². The molecule has 1 saturated carbocycles. The van der Waals surface area contributed by atoms with E-state index < -0.39 is 0 Å². The lowest BCUT2D eigenvalue weighted by Crippen LogP contribution is -1.99. The highest BCUT2D eigenvalue weighted by molar-refractivity contribution is 5.46. The summed E-state index contributed by atoms with van der Waals surface area (Å²) in [6.07, 6.45) is 3.50. The molecule has 3 nitrogen and oxygen atoms in total. The molecule has 0 spiro atoms. The Morgan fingerprint density at radius 2 is 2.21 bits per heavy atom. The molecule has 78 valence electrons. The van der Waals surface area contributed by atoms with E-state index >= 15 is 0 Å². The number of anilines is 1. The van der Waals surface area contributed by atoms with Crippen LogP contribution in [0.1, 0.15) is 43.9 Å². The van der Waals surface area contributed by atoms with Crippen molar-refractivity contribution in [3.8, 4) is 0 Å². The van der Waals surface area contributed by atoms with Crippen LogP contribution in [-0.4, -0.2) is 9.78 Å². The Hall–Kier alpha value is -0.990. The Kier molecular flexibility index (Phi) is 2.25. The highest BCUT2D eigenvalue weighted by Crippen LogP contribution is 2.48. The molecule has 0 amide bonds. The molecule has 2 atom stereocenters. The van der Waals surface area contributed by atoms with Crippen molar-refractivity contribution in [1.82, 2.24) is 9.78 Å². The van der Waals surface area contributed by atoms with Crippen molar-refractivity contribution in [3.05, 3.63) is 11.3 Å². The molecule has 14 heavy (non-hydrogen) atoms. The largest absolute Gasteiger partial charge is 0.384 e. The maximum absolute atomic E-state index is 6.00. The lowest BCUT2D eigenvalue weighted by molar-refractivity contribution is 0.742. The first kappa shape index (κ1) is 9.56. The molecule has 0 aliphatic heterocycles. The number of nitrogens with two attached hydrogens (primary N) is 1. The summed E-state index contributed by atoms with van der Waals surface area (Å²) in [4.78, 5) is 0. The molecule has 1 aliphatic rings. The number of hydrogen-bond donors (Lipinski definition) is 1. The van der Waals surface area contributed by atoms with Gasteiger partial charge in [-0.05, 0) is 18.8 Å². The predicted octanol–water partition coefficient (Wildman–Crippen LogP) is 2.08. The van der Waals surface area contributed by atoms with E-state index in [1.165, 1.54) is 17.7 Å². The van der Waals surface area contributed by atoms with Gasteiger partial charge in [-0.3, -0.25) is 4.68 Å². The van der Waals surface area contributed by atoms with Gasteiger partial charge in [-0.25, -0.2) is 0 Å². The molecule has 0 radical (unpaired) electrons. The van der Waals surface area contributed by atoms with E-state index in [1.54, 1.807) is 0 Å². The van der Waals surface area contributed by atoms with Gasteiger partial charge in [0.25, 0.3) is 0 Å². The first-order valence-electron chi connectivity index (χ1n) is 5.46. The van der Waals surface area contributed by atoms with Gasteiger partial charge in [-0.1, -0.05) is 20.3 Å². The second-order valence-corrected chi connectivity index (χ2v) is 4.44. The summed E-state index contributed by atoms with van der Waals surface area (Å²) in [5.41, 5.74) is 8.56. The van der Waals surface area contributed by atoms with Crippen LogP contribution in [0, 0.1) is 5.92 Å². The van der Waals surface area contributed by atoms with Crippen LogP contribution in [0.3, 0.4) is 0 Å². The molecule has 1 aliphatic carbocycles. The molecule has 1 aromatic rings. The second-order valence-electron chi connectivity index (χ2n) is 4.44. The van der Waals surface area contributed by atoms with Crippen molar-refractivity contribution in [3.63, 3.8) is 0 Å². The Labute approximate surface area is 85.3 Å². The van der Waals surface area contributed by atoms with Crippen molar-refractivity contribution in [2.75, 3.05) is 5.73 Å². The Morgan fingerprint density at radius 1 is 1.57 bits per heavy atom. The lowest BCUT2D eigenvalue weighted by Gasteiger charge is -2.00. The topological polar surface area (TPSA) is 43.8 Å². The van der Waals surface area contributed by atoms with Gasteiger partial charge in [0.2, 0.25) is 0 Å². The van der Waals surface area contributed by atoms with Crippen molar-refractivity contribution in [1.29, 1.82) is 0 Å². The van der Waals surface area contributed by atoms with Gasteiger partial charge >= 0.3 is 0 Å². The summed E-state index contributed by atoms with van der Waals surface area (Å²) in [6.45, 7) is 4.47. The smallest absolute Gasteiger partial charge is 0.124 e. The predicted molar refractivity (Wildman–Crippen MR) is 58.1 cm³/mol. The zero-order valence-electron chi connectivity index (χ0n) is 9.25. The fourth-order valence-electron chi connectivity index (χ4n) is 2.11. The molecule has 0 aromatic carbocycles. The van der Waals surface area contributed by atoms with E-state index in [-0.39, 0.29) is 0 Å². The van der Waals surface area contributed by atoms with Crippen LogP contribution in [0.5, 0.6) is 0 Å². The molecule has 1 fully saturated rings. The number of nitrogens with zero attached hydrogens (tertiary/aromatic N) is 2. The van der Waals surface area contributed by atoms with Gasteiger partial charge in [-0.2, -0.15) is 5.10 Å². The van der Waals surface area contributed by atoms with Crippen LogP contribution in [0.15, 0.2) is 0 Å². The Bertz CT molecular complexity index is 341. The van der Waals surface area contributed by atoms with E-state index in [0.717, 1.165) is 24.6 Å². The molecule has 1 heterocycles. The minimum atomic E-state index is 0.681. The fraction of sp³-hybridized carbons (Fsp3) is 0.727. The first-order valence-corrected chi connectivity index (χ1v) is 5.46. The molecule has 1 aromatic heterocycles. The molecule has 0 bridgehead atoms. The van der Waals surface area contributed by atoms with Crippen LogP contribution in [0.2, 0.25) is 0 Å². The third kappa shape index (κ3) is 1.41. The summed E-state index contributed by atoms with van der Waals surface area (Å²) < 4.78 is 1.82. The average Bonchev–Trinajstić information content (AvgIpc) is 2.80. The normalized spacial score (nSPS) is 25.4. The van der Waals surface area contributed by atoms with Crippen LogP contribution < -0.4 is 5.73 Å². The maximum Gasteiger partial charge on any atom is 0.124 e. The van der Waals surface area contributed by atoms with Gasteiger partial charge in [-0.15, -0.1) is 0 Å². The van der Waals surface area contributed by atoms with Crippen molar-refractivity contribution >= 4 is 5.82 Å². The monoisotopic (exact) mass is 193 g/mol. The van der Waals surface area contributed by atoms with Crippen molar-refractivity contribution in [2.24, 2.45) is 13.0 Å². The van der Waals surface area contributed by atoms with E-state index in [0.29, 0.717) is 5.92 Å². The van der Waals surface area contributed by atoms with E-state index in [9.17, 15) is 0 Å². The number of rotatable bonds is 3. The Morgan fingerprint density at radius 3 is 2.71 bits per heavy atom. The first-order chi connectivity index (χ1) is 6.65. The maximum atomic E-state index is 6.00. The van der Waals surface area contributed by atoms with E-state index in [2.05, 4.69) is 18.9 Å². The minimum Gasteiger partial charge on any atom is -0.384 e. The summed E-state index contributed by atoms with van der Waals surface area (Å²) >= 11 is 0. The average molecular weight is 193 g/mol. The lowest BCUT2D eigenvalue weighted by atomic mass is 10.1. The number of aromatic nitrogens is 2. The quantitative estimate of drug-likeness (QED) is 0.798. The highest BCUT2D eigenvalue weighted by atomic mass is 15.3. The van der Waals surface area contributed by atoms with Gasteiger partial charge in [0.15, 0.2) is 0 Å². The van der Waals surface area contributed by atoms with Gasteiger partial charge in [0, 0.05) is 18.5 Å². The number of hydrogen-bond acceptors (Lipinski definition) is 2. The standard InChI is InChI=1S/C11H19N3/c1-4-5-8-10(9-6-7(9)2)13-14(3)11(8)12/h7,9H,4-6,12H2,1-3H3. The fourth-order valence-corrected chi connectivity index (χ4v) is 2.11. The van der Waals surface area contributed by atoms with E-state index in [1.807, 2.05) is 11.7 Å². The van der Waals surface area contributed by atoms with Gasteiger partial charge in [0.1, 0.15) is 5.82 Å². The number of nitrogen functional groups attached to an aromatic ring is 1. The van der Waals surface area contributed by atoms with Crippen LogP contribution in [0.4, 0.5) is 5.82 Å². The van der Waals surface area contributed by atoms with Crippen molar-refractivity contribution in [2.45, 2.75) is 39.0 Å². The second kappa shape index (κ2) is 3.30. The van der Waals surface area contributed by atoms with Gasteiger partial charge in [0.05, 0.1) is 5.69 Å². The molecule has 0 saturated heterocycles. The SMILES string of the molecule is CCCc1c(C2CC2C)nn(C)c1N. The third-order valence-corrected chi connectivity index (χ3v) is 3.19. The molecule has 3 heteroatoms. The van der Waals surface area contributed by atoms with Crippen LogP contribution in [0.25, 0.3) is 0 Å². The summed E-state index contributed by atoms with van der Waals surface area (Å²) in [5.74, 6) is 2.35. The zero-order valence-corrected chi connectivity index (χ0v) is 9.25. The molecular weight excluding hydrogens is 174 g/mol. The van der Waals surface area contributed by atoms with Crippen LogP contribution in [-0.2, 0) is 13.5 Å². The van der Waals surface area contributed by atoms with Crippen molar-refractivity contribution < 1.29 is 0 Å². The molecular formula is C11H19N3. The molecule has 2 N–H and O–H groups in total. The highest BCUT2D eigenvalue weighted by Gasteiger charge is 2.38. The third-order valence-electron chi connectivity index (χ3n) is 3.19.